The highest BCUT2D eigenvalue weighted by atomic mass is 35.5. The zero-order valence-electron chi connectivity index (χ0n) is 15.8. The van der Waals surface area contributed by atoms with Crippen molar-refractivity contribution >= 4 is 29.1 Å². The molecule has 1 saturated heterocycles. The minimum Gasteiger partial charge on any atom is -0.339 e. The summed E-state index contributed by atoms with van der Waals surface area (Å²) in [6.45, 7) is 3.34. The molecule has 1 saturated carbocycles. The molecule has 1 aromatic carbocycles. The van der Waals surface area contributed by atoms with Crippen molar-refractivity contribution in [1.82, 2.24) is 19.6 Å². The molecule has 0 atom stereocenters. The second-order valence-electron chi connectivity index (χ2n) is 7.62. The number of piperazine rings is 1. The predicted octanol–water partition coefficient (Wildman–Crippen LogP) is 4.35. The summed E-state index contributed by atoms with van der Waals surface area (Å²) in [6.07, 6.45) is -0.685. The summed E-state index contributed by atoms with van der Waals surface area (Å²) >= 11 is 12.2. The number of carbonyl (C=O) groups is 1. The van der Waals surface area contributed by atoms with Crippen LogP contribution in [-0.2, 0) is 17.9 Å². The van der Waals surface area contributed by atoms with Crippen molar-refractivity contribution in [3.05, 3.63) is 51.3 Å². The van der Waals surface area contributed by atoms with Crippen molar-refractivity contribution in [3.63, 3.8) is 0 Å². The number of aromatic nitrogens is 2. The lowest BCUT2D eigenvalue weighted by molar-refractivity contribution is -0.133. The maximum atomic E-state index is 13.0. The minimum atomic E-state index is -2.62. The molecule has 5 nitrogen and oxygen atoms in total. The van der Waals surface area contributed by atoms with E-state index in [0.717, 1.165) is 37.2 Å². The fraction of sp³-hybridized carbons (Fsp3) is 0.500. The van der Waals surface area contributed by atoms with Crippen molar-refractivity contribution in [1.29, 1.82) is 0 Å². The summed E-state index contributed by atoms with van der Waals surface area (Å²) in [5, 5.41) is 5.22. The molecule has 2 aliphatic rings. The van der Waals surface area contributed by atoms with Crippen molar-refractivity contribution in [2.75, 3.05) is 26.2 Å². The van der Waals surface area contributed by atoms with E-state index < -0.39 is 6.43 Å². The minimum absolute atomic E-state index is 0.0154. The number of nitrogens with zero attached hydrogens (tertiary/aromatic N) is 4. The second kappa shape index (κ2) is 8.58. The molecule has 1 aliphatic carbocycles. The largest absolute Gasteiger partial charge is 0.339 e. The molecule has 0 N–H and O–H groups in total. The number of amides is 1. The quantitative estimate of drug-likeness (QED) is 0.667. The van der Waals surface area contributed by atoms with Crippen molar-refractivity contribution in [3.8, 4) is 0 Å². The summed E-state index contributed by atoms with van der Waals surface area (Å²) in [7, 11) is 0. The van der Waals surface area contributed by atoms with Crippen LogP contribution in [0.1, 0.15) is 42.1 Å². The highest BCUT2D eigenvalue weighted by Gasteiger charge is 2.31. The molecule has 2 aromatic rings. The van der Waals surface area contributed by atoms with E-state index in [1.54, 1.807) is 11.0 Å². The Hall–Kier alpha value is -1.70. The van der Waals surface area contributed by atoms with Gasteiger partial charge in [-0.25, -0.2) is 8.78 Å². The third-order valence-corrected chi connectivity index (χ3v) is 6.06. The summed E-state index contributed by atoms with van der Waals surface area (Å²) < 4.78 is 27.5. The topological polar surface area (TPSA) is 41.4 Å². The summed E-state index contributed by atoms with van der Waals surface area (Å²) in [6, 6.07) is 6.91. The Morgan fingerprint density at radius 3 is 2.48 bits per heavy atom. The van der Waals surface area contributed by atoms with Crippen LogP contribution in [0.25, 0.3) is 0 Å². The molecular weight excluding hydrogens is 421 g/mol. The average molecular weight is 443 g/mol. The van der Waals surface area contributed by atoms with Gasteiger partial charge in [0, 0.05) is 54.4 Å². The highest BCUT2D eigenvalue weighted by Crippen LogP contribution is 2.41. The Morgan fingerprint density at radius 1 is 1.14 bits per heavy atom. The Balaban J connectivity index is 1.33. The normalized spacial score (nSPS) is 17.9. The smallest absolute Gasteiger partial charge is 0.282 e. The lowest BCUT2D eigenvalue weighted by atomic mass is 10.2. The maximum absolute atomic E-state index is 13.0. The summed E-state index contributed by atoms with van der Waals surface area (Å²) in [4.78, 5) is 16.7. The van der Waals surface area contributed by atoms with Gasteiger partial charge in [-0.2, -0.15) is 5.10 Å². The van der Waals surface area contributed by atoms with Crippen LogP contribution in [0.15, 0.2) is 24.3 Å². The van der Waals surface area contributed by atoms with Gasteiger partial charge in [-0.05, 0) is 36.6 Å². The molecule has 1 aliphatic heterocycles. The van der Waals surface area contributed by atoms with Crippen LogP contribution in [0.5, 0.6) is 0 Å². The van der Waals surface area contributed by atoms with Crippen LogP contribution >= 0.6 is 23.2 Å². The predicted molar refractivity (Wildman–Crippen MR) is 107 cm³/mol. The zero-order chi connectivity index (χ0) is 20.5. The van der Waals surface area contributed by atoms with Gasteiger partial charge in [0.15, 0.2) is 0 Å². The highest BCUT2D eigenvalue weighted by molar-refractivity contribution is 6.35. The van der Waals surface area contributed by atoms with Crippen molar-refractivity contribution < 1.29 is 13.6 Å². The lowest BCUT2D eigenvalue weighted by Gasteiger charge is -2.35. The summed E-state index contributed by atoms with van der Waals surface area (Å²) in [5.74, 6) is 0.170. The number of hydrogen-bond donors (Lipinski definition) is 0. The van der Waals surface area contributed by atoms with E-state index in [1.807, 2.05) is 12.1 Å². The van der Waals surface area contributed by atoms with E-state index >= 15 is 0 Å². The number of benzene rings is 1. The van der Waals surface area contributed by atoms with Crippen molar-refractivity contribution in [2.24, 2.45) is 0 Å². The zero-order valence-corrected chi connectivity index (χ0v) is 17.3. The van der Waals surface area contributed by atoms with E-state index in [9.17, 15) is 13.6 Å². The van der Waals surface area contributed by atoms with Gasteiger partial charge in [0.1, 0.15) is 12.2 Å². The van der Waals surface area contributed by atoms with E-state index in [-0.39, 0.29) is 24.1 Å². The molecule has 0 unspecified atom stereocenters. The first-order chi connectivity index (χ1) is 13.9. The van der Waals surface area contributed by atoms with Crippen LogP contribution in [-0.4, -0.2) is 51.7 Å². The van der Waals surface area contributed by atoms with Gasteiger partial charge in [0.2, 0.25) is 5.91 Å². The SMILES string of the molecule is O=C(Cn1nc(C(F)F)cc1C1CC1)N1CCN(Cc2ccc(Cl)cc2Cl)CC1. The van der Waals surface area contributed by atoms with Crippen LogP contribution in [0.4, 0.5) is 8.78 Å². The van der Waals surface area contributed by atoms with Gasteiger partial charge < -0.3 is 4.90 Å². The van der Waals surface area contributed by atoms with Gasteiger partial charge in [-0.15, -0.1) is 0 Å². The van der Waals surface area contributed by atoms with Crippen molar-refractivity contribution in [2.45, 2.75) is 38.3 Å². The van der Waals surface area contributed by atoms with E-state index in [4.69, 9.17) is 23.2 Å². The van der Waals surface area contributed by atoms with Crippen LogP contribution < -0.4 is 0 Å². The average Bonchev–Trinajstić information content (AvgIpc) is 3.44. The molecule has 0 radical (unpaired) electrons. The Morgan fingerprint density at radius 2 is 1.86 bits per heavy atom. The molecule has 1 amide bonds. The first-order valence-electron chi connectivity index (χ1n) is 9.70. The fourth-order valence-corrected chi connectivity index (χ4v) is 4.14. The first-order valence-corrected chi connectivity index (χ1v) is 10.5. The molecule has 156 valence electrons. The molecule has 1 aromatic heterocycles. The van der Waals surface area contributed by atoms with E-state index in [0.29, 0.717) is 29.7 Å². The van der Waals surface area contributed by atoms with Gasteiger partial charge in [0.05, 0.1) is 0 Å². The number of hydrogen-bond acceptors (Lipinski definition) is 3. The van der Waals surface area contributed by atoms with E-state index in [2.05, 4.69) is 10.00 Å². The summed E-state index contributed by atoms with van der Waals surface area (Å²) in [5.41, 5.74) is 1.51. The van der Waals surface area contributed by atoms with Crippen LogP contribution in [0, 0.1) is 0 Å². The second-order valence-corrected chi connectivity index (χ2v) is 8.46. The Bertz CT molecular complexity index is 893. The monoisotopic (exact) mass is 442 g/mol. The van der Waals surface area contributed by atoms with Gasteiger partial charge in [-0.3, -0.25) is 14.4 Å². The standard InChI is InChI=1S/C20H22Cl2F2N4O/c21-15-4-3-14(16(22)9-15)11-26-5-7-27(8-6-26)19(29)12-28-18(13-1-2-13)10-17(25-28)20(23)24/h3-4,9-10,13,20H,1-2,5-8,11-12H2. The van der Waals surface area contributed by atoms with Crippen LogP contribution in [0.3, 0.4) is 0 Å². The molecule has 0 spiro atoms. The molecule has 4 rings (SSSR count). The molecule has 0 bridgehead atoms. The number of alkyl halides is 2. The lowest BCUT2D eigenvalue weighted by Crippen LogP contribution is -2.49. The number of rotatable bonds is 6. The van der Waals surface area contributed by atoms with Crippen LogP contribution in [0.2, 0.25) is 10.0 Å². The number of carbonyl (C=O) groups excluding carboxylic acids is 1. The van der Waals surface area contributed by atoms with E-state index in [1.165, 1.54) is 10.7 Å². The molecule has 2 heterocycles. The third kappa shape index (κ3) is 4.90. The fourth-order valence-electron chi connectivity index (χ4n) is 3.67. The Labute approximate surface area is 178 Å². The van der Waals surface area contributed by atoms with Gasteiger partial charge in [0.25, 0.3) is 6.43 Å². The molecular formula is C20H22Cl2F2N4O. The molecule has 9 heteroatoms. The Kier molecular flexibility index (Phi) is 6.08. The van der Waals surface area contributed by atoms with Gasteiger partial charge in [-0.1, -0.05) is 29.3 Å². The maximum Gasteiger partial charge on any atom is 0.282 e. The first kappa shape index (κ1) is 20.6. The third-order valence-electron chi connectivity index (χ3n) is 5.47. The molecule has 29 heavy (non-hydrogen) atoms. The molecule has 2 fully saturated rings. The number of halogens is 4. The van der Waals surface area contributed by atoms with Gasteiger partial charge >= 0.3 is 0 Å².